The highest BCUT2D eigenvalue weighted by atomic mass is 16.5. The molecule has 0 amide bonds. The van der Waals surface area contributed by atoms with Crippen molar-refractivity contribution in [2.24, 2.45) is 0 Å². The fourth-order valence-electron chi connectivity index (χ4n) is 0.854. The van der Waals surface area contributed by atoms with Crippen LogP contribution in [0.3, 0.4) is 0 Å². The lowest BCUT2D eigenvalue weighted by molar-refractivity contribution is 0.0538. The van der Waals surface area contributed by atoms with E-state index in [9.17, 15) is 9.59 Å². The molecule has 0 aliphatic rings. The lowest BCUT2D eigenvalue weighted by Gasteiger charge is -1.94. The number of aromatic nitrogens is 1. The average Bonchev–Trinajstić information content (AvgIpc) is 2.45. The van der Waals surface area contributed by atoms with Gasteiger partial charge in [0.1, 0.15) is 5.56 Å². The van der Waals surface area contributed by atoms with Crippen molar-refractivity contribution in [3.63, 3.8) is 0 Å². The zero-order chi connectivity index (χ0) is 10.0. The number of carboxylic acid groups (broad SMARTS) is 1. The van der Waals surface area contributed by atoms with Crippen LogP contribution in [0.15, 0.2) is 4.52 Å². The predicted molar refractivity (Wildman–Crippen MR) is 39.5 cm³/mol. The second-order valence-electron chi connectivity index (χ2n) is 2.27. The van der Waals surface area contributed by atoms with Gasteiger partial charge in [-0.05, 0) is 6.92 Å². The van der Waals surface area contributed by atoms with Gasteiger partial charge in [0.2, 0.25) is 0 Å². The van der Waals surface area contributed by atoms with Gasteiger partial charge in [0.15, 0.2) is 0 Å². The molecule has 1 heterocycles. The number of rotatable bonds is 2. The molecule has 1 rings (SSSR count). The fraction of sp³-hybridized carbons (Fsp3) is 0.286. The number of ether oxygens (including phenoxy) is 1. The van der Waals surface area contributed by atoms with Crippen molar-refractivity contribution < 1.29 is 24.0 Å². The molecule has 1 N–H and O–H groups in total. The van der Waals surface area contributed by atoms with E-state index in [2.05, 4.69) is 14.4 Å². The van der Waals surface area contributed by atoms with Gasteiger partial charge in [-0.15, -0.1) is 0 Å². The maximum Gasteiger partial charge on any atom is 0.377 e. The number of hydrogen-bond donors (Lipinski definition) is 1. The molecule has 0 aliphatic heterocycles. The minimum absolute atomic E-state index is 0.146. The van der Waals surface area contributed by atoms with Crippen LogP contribution in [0.25, 0.3) is 0 Å². The molecule has 1 aromatic heterocycles. The first-order chi connectivity index (χ1) is 6.07. The van der Waals surface area contributed by atoms with Crippen molar-refractivity contribution in [2.45, 2.75) is 6.92 Å². The van der Waals surface area contributed by atoms with Gasteiger partial charge in [-0.1, -0.05) is 5.16 Å². The Balaban J connectivity index is 3.22. The summed E-state index contributed by atoms with van der Waals surface area (Å²) in [5.41, 5.74) is -0.111. The van der Waals surface area contributed by atoms with E-state index in [0.29, 0.717) is 0 Å². The molecule has 0 spiro atoms. The summed E-state index contributed by atoms with van der Waals surface area (Å²) in [4.78, 5) is 21.5. The summed E-state index contributed by atoms with van der Waals surface area (Å²) in [5.74, 6) is -2.50. The van der Waals surface area contributed by atoms with Crippen LogP contribution in [0.4, 0.5) is 0 Å². The smallest absolute Gasteiger partial charge is 0.377 e. The van der Waals surface area contributed by atoms with Crippen LogP contribution < -0.4 is 0 Å². The maximum atomic E-state index is 10.9. The molecule has 0 atom stereocenters. The van der Waals surface area contributed by atoms with Crippen LogP contribution in [0, 0.1) is 6.92 Å². The molecule has 1 aromatic rings. The van der Waals surface area contributed by atoms with Crippen molar-refractivity contribution in [1.29, 1.82) is 0 Å². The quantitative estimate of drug-likeness (QED) is 0.673. The van der Waals surface area contributed by atoms with Gasteiger partial charge >= 0.3 is 11.9 Å². The minimum Gasteiger partial charge on any atom is -0.477 e. The third-order valence-corrected chi connectivity index (χ3v) is 1.45. The van der Waals surface area contributed by atoms with Gasteiger partial charge < -0.3 is 14.4 Å². The number of aromatic carboxylic acids is 1. The van der Waals surface area contributed by atoms with E-state index in [1.807, 2.05) is 0 Å². The molecule has 13 heavy (non-hydrogen) atoms. The Morgan fingerprint density at radius 2 is 2.15 bits per heavy atom. The Hall–Kier alpha value is -1.85. The molecule has 6 heteroatoms. The van der Waals surface area contributed by atoms with Crippen LogP contribution in [0.2, 0.25) is 0 Å². The van der Waals surface area contributed by atoms with Gasteiger partial charge in [0, 0.05) is 0 Å². The number of nitrogens with zero attached hydrogens (tertiary/aromatic N) is 1. The van der Waals surface area contributed by atoms with Crippen LogP contribution in [0.5, 0.6) is 0 Å². The van der Waals surface area contributed by atoms with Crippen LogP contribution in [-0.2, 0) is 4.74 Å². The monoisotopic (exact) mass is 185 g/mol. The van der Waals surface area contributed by atoms with E-state index in [-0.39, 0.29) is 17.0 Å². The van der Waals surface area contributed by atoms with E-state index in [1.165, 1.54) is 6.92 Å². The summed E-state index contributed by atoms with van der Waals surface area (Å²) in [6.45, 7) is 1.43. The van der Waals surface area contributed by atoms with Crippen molar-refractivity contribution in [3.8, 4) is 0 Å². The van der Waals surface area contributed by atoms with Gasteiger partial charge in [-0.2, -0.15) is 0 Å². The van der Waals surface area contributed by atoms with E-state index in [0.717, 1.165) is 7.11 Å². The third kappa shape index (κ3) is 1.51. The largest absolute Gasteiger partial charge is 0.477 e. The van der Waals surface area contributed by atoms with Crippen molar-refractivity contribution in [3.05, 3.63) is 17.0 Å². The molecule has 0 unspecified atom stereocenters. The van der Waals surface area contributed by atoms with Crippen molar-refractivity contribution >= 4 is 11.9 Å². The van der Waals surface area contributed by atoms with Crippen LogP contribution in [0.1, 0.15) is 26.6 Å². The van der Waals surface area contributed by atoms with Gasteiger partial charge in [-0.3, -0.25) is 0 Å². The Kier molecular flexibility index (Phi) is 2.32. The first kappa shape index (κ1) is 9.24. The standard InChI is InChI=1S/C7H7NO5/c1-3-4(6(9)10)5(13-8-3)7(11)12-2/h1-2H3,(H,9,10). The third-order valence-electron chi connectivity index (χ3n) is 1.45. The first-order valence-corrected chi connectivity index (χ1v) is 3.35. The fourth-order valence-corrected chi connectivity index (χ4v) is 0.854. The average molecular weight is 185 g/mol. The van der Waals surface area contributed by atoms with Gasteiger partial charge in [0.25, 0.3) is 5.76 Å². The summed E-state index contributed by atoms with van der Waals surface area (Å²) in [5, 5.41) is 12.0. The highest BCUT2D eigenvalue weighted by Gasteiger charge is 2.25. The second-order valence-corrected chi connectivity index (χ2v) is 2.27. The maximum absolute atomic E-state index is 10.9. The summed E-state index contributed by atoms with van der Waals surface area (Å²) in [6.07, 6.45) is 0. The van der Waals surface area contributed by atoms with Gasteiger partial charge in [0.05, 0.1) is 12.8 Å². The molecule has 0 aromatic carbocycles. The van der Waals surface area contributed by atoms with E-state index in [1.54, 1.807) is 0 Å². The van der Waals surface area contributed by atoms with E-state index >= 15 is 0 Å². The van der Waals surface area contributed by atoms with E-state index in [4.69, 9.17) is 5.11 Å². The topological polar surface area (TPSA) is 89.6 Å². The van der Waals surface area contributed by atoms with Crippen molar-refractivity contribution in [2.75, 3.05) is 7.11 Å². The Bertz CT molecular complexity index is 354. The van der Waals surface area contributed by atoms with Gasteiger partial charge in [-0.25, -0.2) is 9.59 Å². The SMILES string of the molecule is COC(=O)c1onc(C)c1C(=O)O. The first-order valence-electron chi connectivity index (χ1n) is 3.35. The second kappa shape index (κ2) is 3.26. The zero-order valence-electron chi connectivity index (χ0n) is 7.03. The highest BCUT2D eigenvalue weighted by molar-refractivity contribution is 6.00. The summed E-state index contributed by atoms with van der Waals surface area (Å²) in [6, 6.07) is 0. The lowest BCUT2D eigenvalue weighted by atomic mass is 10.2. The summed E-state index contributed by atoms with van der Waals surface area (Å²) in [7, 11) is 1.13. The molecule has 0 bridgehead atoms. The van der Waals surface area contributed by atoms with Crippen LogP contribution in [-0.4, -0.2) is 29.3 Å². The molecular formula is C7H7NO5. The molecule has 6 nitrogen and oxygen atoms in total. The predicted octanol–water partition coefficient (Wildman–Crippen LogP) is 0.468. The molecule has 0 aliphatic carbocycles. The zero-order valence-corrected chi connectivity index (χ0v) is 7.03. The molecule has 70 valence electrons. The lowest BCUT2D eigenvalue weighted by Crippen LogP contribution is -2.08. The highest BCUT2D eigenvalue weighted by Crippen LogP contribution is 2.13. The molecular weight excluding hydrogens is 178 g/mol. The van der Waals surface area contributed by atoms with Crippen LogP contribution >= 0.6 is 0 Å². The summed E-state index contributed by atoms with van der Waals surface area (Å²) >= 11 is 0. The normalized spacial score (nSPS) is 9.69. The number of carboxylic acids is 1. The number of esters is 1. The molecule has 0 fully saturated rings. The Morgan fingerprint density at radius 3 is 2.62 bits per heavy atom. The molecule has 0 saturated heterocycles. The number of carbonyl (C=O) groups is 2. The van der Waals surface area contributed by atoms with E-state index < -0.39 is 11.9 Å². The minimum atomic E-state index is -1.26. The number of hydrogen-bond acceptors (Lipinski definition) is 5. The number of methoxy groups -OCH3 is 1. The molecule has 0 radical (unpaired) electrons. The Labute approximate surface area is 73.1 Å². The Morgan fingerprint density at radius 1 is 1.54 bits per heavy atom. The van der Waals surface area contributed by atoms with Crippen molar-refractivity contribution in [1.82, 2.24) is 5.16 Å². The molecule has 0 saturated carbocycles. The number of carbonyl (C=O) groups excluding carboxylic acids is 1. The number of aryl methyl sites for hydroxylation is 1. The summed E-state index contributed by atoms with van der Waals surface area (Å²) < 4.78 is 8.81.